The summed E-state index contributed by atoms with van der Waals surface area (Å²) in [6.45, 7) is 2.84. The highest BCUT2D eigenvalue weighted by Gasteiger charge is 1.84. The van der Waals surface area contributed by atoms with Crippen LogP contribution in [0.15, 0.2) is 23.7 Å². The van der Waals surface area contributed by atoms with Crippen LogP contribution in [0.2, 0.25) is 0 Å². The molecule has 8 heavy (non-hydrogen) atoms. The Balaban J connectivity index is 2.50. The first-order valence-corrected chi connectivity index (χ1v) is 4.09. The third-order valence-electron chi connectivity index (χ3n) is 0.855. The molecular formula is C6H9OP. The summed E-state index contributed by atoms with van der Waals surface area (Å²) in [4.78, 5) is 0. The minimum absolute atomic E-state index is 0.306. The quantitative estimate of drug-likeness (QED) is 0.592. The summed E-state index contributed by atoms with van der Waals surface area (Å²) in [5.41, 5.74) is 0. The highest BCUT2D eigenvalue weighted by Crippen LogP contribution is 2.22. The molecular weight excluding hydrogens is 119 g/mol. The van der Waals surface area contributed by atoms with Crippen molar-refractivity contribution in [3.05, 3.63) is 23.7 Å². The molecule has 1 nitrogen and oxygen atoms in total. The summed E-state index contributed by atoms with van der Waals surface area (Å²) in [6, 6.07) is 4.06. The van der Waals surface area contributed by atoms with E-state index in [1.807, 2.05) is 19.1 Å². The van der Waals surface area contributed by atoms with E-state index >= 15 is 0 Å². The van der Waals surface area contributed by atoms with Gasteiger partial charge in [0.05, 0.1) is 6.61 Å². The van der Waals surface area contributed by atoms with Crippen LogP contribution in [0.1, 0.15) is 6.92 Å². The van der Waals surface area contributed by atoms with Gasteiger partial charge in [-0.3, -0.25) is 0 Å². The molecule has 0 aliphatic rings. The molecule has 2 heteroatoms. The van der Waals surface area contributed by atoms with Crippen molar-refractivity contribution in [1.82, 2.24) is 0 Å². The number of rotatable bonds is 2. The van der Waals surface area contributed by atoms with Crippen LogP contribution in [0, 0.1) is 0 Å². The lowest BCUT2D eigenvalue weighted by atomic mass is 10.7. The standard InChI is InChI=1S/C6H9OP/c1-2-7-8-5-3-4-6-8/h3-6H,2H2,1H3. The van der Waals surface area contributed by atoms with Crippen molar-refractivity contribution in [2.24, 2.45) is 0 Å². The molecule has 0 fully saturated rings. The molecule has 0 saturated heterocycles. The smallest absolute Gasteiger partial charge is 0.0541 e. The predicted octanol–water partition coefficient (Wildman–Crippen LogP) is 2.12. The Morgan fingerprint density at radius 1 is 1.38 bits per heavy atom. The van der Waals surface area contributed by atoms with Gasteiger partial charge in [0, 0.05) is 7.76 Å². The maximum absolute atomic E-state index is 5.29. The van der Waals surface area contributed by atoms with E-state index in [1.54, 1.807) is 0 Å². The van der Waals surface area contributed by atoms with E-state index in [0.29, 0.717) is 0 Å². The molecule has 0 radical (unpaired) electrons. The van der Waals surface area contributed by atoms with Crippen LogP contribution in [0.25, 0.3) is 0 Å². The summed E-state index contributed by atoms with van der Waals surface area (Å²) in [5, 5.41) is 0. The van der Waals surface area contributed by atoms with Gasteiger partial charge in [-0.05, 0) is 18.5 Å². The summed E-state index contributed by atoms with van der Waals surface area (Å²) < 4.78 is 5.29. The van der Waals surface area contributed by atoms with E-state index in [2.05, 4.69) is 11.6 Å². The summed E-state index contributed by atoms with van der Waals surface area (Å²) >= 11 is 0. The van der Waals surface area contributed by atoms with Gasteiger partial charge in [0.15, 0.2) is 0 Å². The third-order valence-corrected chi connectivity index (χ3v) is 2.34. The van der Waals surface area contributed by atoms with Crippen LogP contribution in [0.5, 0.6) is 0 Å². The molecule has 0 bridgehead atoms. The zero-order chi connectivity index (χ0) is 5.82. The fraction of sp³-hybridized carbons (Fsp3) is 0.333. The van der Waals surface area contributed by atoms with Gasteiger partial charge in [0.25, 0.3) is 0 Å². The third kappa shape index (κ3) is 1.36. The van der Waals surface area contributed by atoms with Crippen molar-refractivity contribution in [2.45, 2.75) is 6.92 Å². The fourth-order valence-corrected chi connectivity index (χ4v) is 1.66. The zero-order valence-electron chi connectivity index (χ0n) is 4.87. The lowest BCUT2D eigenvalue weighted by molar-refractivity contribution is 0.461. The van der Waals surface area contributed by atoms with Crippen molar-refractivity contribution in [3.8, 4) is 0 Å². The van der Waals surface area contributed by atoms with Crippen LogP contribution >= 0.6 is 7.76 Å². The van der Waals surface area contributed by atoms with Gasteiger partial charge in [-0.1, -0.05) is 12.1 Å². The second kappa shape index (κ2) is 2.91. The van der Waals surface area contributed by atoms with Crippen molar-refractivity contribution in [2.75, 3.05) is 6.61 Å². The van der Waals surface area contributed by atoms with E-state index in [0.717, 1.165) is 6.61 Å². The number of hydrogen-bond acceptors (Lipinski definition) is 1. The number of hydrogen-bond donors (Lipinski definition) is 0. The SMILES string of the molecule is CCOp1cccc1. The van der Waals surface area contributed by atoms with Gasteiger partial charge >= 0.3 is 0 Å². The highest BCUT2D eigenvalue weighted by molar-refractivity contribution is 7.43. The topological polar surface area (TPSA) is 9.23 Å². The van der Waals surface area contributed by atoms with Gasteiger partial charge in [-0.25, -0.2) is 0 Å². The van der Waals surface area contributed by atoms with Crippen molar-refractivity contribution >= 4 is 7.76 Å². The first kappa shape index (κ1) is 5.87. The minimum Gasteiger partial charge on any atom is -0.333 e. The van der Waals surface area contributed by atoms with Crippen molar-refractivity contribution in [1.29, 1.82) is 0 Å². The van der Waals surface area contributed by atoms with E-state index in [9.17, 15) is 0 Å². The molecule has 0 spiro atoms. The van der Waals surface area contributed by atoms with Gasteiger partial charge in [0.1, 0.15) is 0 Å². The summed E-state index contributed by atoms with van der Waals surface area (Å²) in [5.74, 6) is 4.19. The molecule has 0 saturated carbocycles. The molecule has 0 amide bonds. The summed E-state index contributed by atoms with van der Waals surface area (Å²) in [6.07, 6.45) is 0. The van der Waals surface area contributed by atoms with Crippen LogP contribution in [0.3, 0.4) is 0 Å². The first-order chi connectivity index (χ1) is 3.93. The largest absolute Gasteiger partial charge is 0.333 e. The summed E-state index contributed by atoms with van der Waals surface area (Å²) in [7, 11) is -0.306. The molecule has 0 aromatic carbocycles. The molecule has 0 aliphatic heterocycles. The Bertz CT molecular complexity index is 134. The van der Waals surface area contributed by atoms with E-state index in [-0.39, 0.29) is 7.76 Å². The molecule has 0 aliphatic carbocycles. The van der Waals surface area contributed by atoms with Crippen LogP contribution in [-0.2, 0) is 0 Å². The average Bonchev–Trinajstić information content (AvgIpc) is 2.19. The maximum Gasteiger partial charge on any atom is 0.0541 e. The Kier molecular flexibility index (Phi) is 2.13. The Hall–Kier alpha value is -0.260. The highest BCUT2D eigenvalue weighted by atomic mass is 31.1. The fourth-order valence-electron chi connectivity index (χ4n) is 0.554. The molecule has 0 unspecified atom stereocenters. The van der Waals surface area contributed by atoms with E-state index in [4.69, 9.17) is 4.52 Å². The lowest BCUT2D eigenvalue weighted by Crippen LogP contribution is -1.83. The van der Waals surface area contributed by atoms with Crippen LogP contribution in [0.4, 0.5) is 0 Å². The van der Waals surface area contributed by atoms with Gasteiger partial charge in [-0.2, -0.15) is 0 Å². The second-order valence-electron chi connectivity index (χ2n) is 1.46. The lowest BCUT2D eigenvalue weighted by Gasteiger charge is -1.92. The minimum atomic E-state index is -0.306. The molecule has 1 aromatic rings. The molecule has 1 aromatic heterocycles. The molecule has 1 rings (SSSR count). The monoisotopic (exact) mass is 128 g/mol. The van der Waals surface area contributed by atoms with Crippen LogP contribution in [-0.4, -0.2) is 6.61 Å². The molecule has 0 atom stereocenters. The van der Waals surface area contributed by atoms with E-state index in [1.165, 1.54) is 0 Å². The van der Waals surface area contributed by atoms with Gasteiger partial charge in [0.2, 0.25) is 0 Å². The van der Waals surface area contributed by atoms with Gasteiger partial charge in [-0.15, -0.1) is 0 Å². The Morgan fingerprint density at radius 2 is 2.00 bits per heavy atom. The zero-order valence-corrected chi connectivity index (χ0v) is 5.77. The Labute approximate surface area is 50.4 Å². The predicted molar refractivity (Wildman–Crippen MR) is 36.3 cm³/mol. The normalized spacial score (nSPS) is 9.62. The average molecular weight is 128 g/mol. The Morgan fingerprint density at radius 3 is 2.50 bits per heavy atom. The first-order valence-electron chi connectivity index (χ1n) is 2.69. The van der Waals surface area contributed by atoms with Crippen molar-refractivity contribution in [3.63, 3.8) is 0 Å². The molecule has 1 heterocycles. The van der Waals surface area contributed by atoms with Crippen LogP contribution < -0.4 is 4.52 Å². The second-order valence-corrected chi connectivity index (χ2v) is 3.03. The maximum atomic E-state index is 5.29. The molecule has 0 N–H and O–H groups in total. The molecule has 44 valence electrons. The van der Waals surface area contributed by atoms with E-state index < -0.39 is 0 Å². The van der Waals surface area contributed by atoms with Crippen molar-refractivity contribution < 1.29 is 4.52 Å². The van der Waals surface area contributed by atoms with Gasteiger partial charge < -0.3 is 4.52 Å².